The molecule has 0 unspecified atom stereocenters. The molecule has 0 atom stereocenters. The second-order valence-corrected chi connectivity index (χ2v) is 4.37. The Morgan fingerprint density at radius 2 is 1.77 bits per heavy atom. The van der Waals surface area contributed by atoms with Gasteiger partial charge in [0, 0.05) is 12.1 Å². The molecule has 0 amide bonds. The minimum atomic E-state index is -1.43. The monoisotopic (exact) mass is 302 g/mol. The number of carbonyl (C=O) groups is 2. The van der Waals surface area contributed by atoms with E-state index in [1.807, 2.05) is 0 Å². The van der Waals surface area contributed by atoms with Gasteiger partial charge in [-0.1, -0.05) is 0 Å². The van der Waals surface area contributed by atoms with Gasteiger partial charge in [0.25, 0.3) is 5.56 Å². The standard InChI is InChI=1S/C13H6N2O7/c16-7-3-9(12(18)19)22-8-2-6-4(1-5(7)8)11(17)15-10(14-6)13(20)21/h1-3H,(H,18,19)(H,20,21)(H,14,15,17). The molecular weight excluding hydrogens is 296 g/mol. The number of rotatable bonds is 2. The summed E-state index contributed by atoms with van der Waals surface area (Å²) in [6.45, 7) is 0. The highest BCUT2D eigenvalue weighted by Crippen LogP contribution is 2.18. The summed E-state index contributed by atoms with van der Waals surface area (Å²) in [4.78, 5) is 51.3. The molecule has 110 valence electrons. The van der Waals surface area contributed by atoms with Crippen LogP contribution in [0.1, 0.15) is 21.2 Å². The second-order valence-electron chi connectivity index (χ2n) is 4.37. The predicted octanol–water partition coefficient (Wildman–Crippen LogP) is 0.426. The lowest BCUT2D eigenvalue weighted by atomic mass is 10.1. The third-order valence-electron chi connectivity index (χ3n) is 2.97. The van der Waals surface area contributed by atoms with E-state index in [0.29, 0.717) is 0 Å². The normalized spacial score (nSPS) is 10.9. The van der Waals surface area contributed by atoms with Crippen molar-refractivity contribution < 1.29 is 24.2 Å². The Morgan fingerprint density at radius 1 is 1.05 bits per heavy atom. The van der Waals surface area contributed by atoms with Gasteiger partial charge in [-0.15, -0.1) is 0 Å². The molecule has 2 aromatic heterocycles. The van der Waals surface area contributed by atoms with Crippen molar-refractivity contribution >= 4 is 33.8 Å². The van der Waals surface area contributed by atoms with E-state index < -0.39 is 34.5 Å². The zero-order valence-corrected chi connectivity index (χ0v) is 10.6. The quantitative estimate of drug-likeness (QED) is 0.576. The molecule has 0 spiro atoms. The van der Waals surface area contributed by atoms with Gasteiger partial charge in [-0.05, 0) is 6.07 Å². The van der Waals surface area contributed by atoms with Gasteiger partial charge in [-0.2, -0.15) is 0 Å². The van der Waals surface area contributed by atoms with Gasteiger partial charge in [0.05, 0.1) is 16.3 Å². The van der Waals surface area contributed by atoms with Crippen LogP contribution in [0.2, 0.25) is 0 Å². The largest absolute Gasteiger partial charge is 0.475 e. The molecule has 0 aliphatic heterocycles. The van der Waals surface area contributed by atoms with Crippen LogP contribution in [0, 0.1) is 0 Å². The van der Waals surface area contributed by atoms with Crippen molar-refractivity contribution in [2.24, 2.45) is 0 Å². The number of carboxylic acids is 2. The van der Waals surface area contributed by atoms with Crippen LogP contribution < -0.4 is 11.0 Å². The first-order valence-corrected chi connectivity index (χ1v) is 5.85. The Morgan fingerprint density at radius 3 is 2.41 bits per heavy atom. The number of aromatic nitrogens is 2. The average Bonchev–Trinajstić information content (AvgIpc) is 2.45. The van der Waals surface area contributed by atoms with E-state index in [0.717, 1.165) is 12.1 Å². The fraction of sp³-hybridized carbons (Fsp3) is 0. The molecule has 0 saturated carbocycles. The lowest BCUT2D eigenvalue weighted by molar-refractivity contribution is 0.0659. The van der Waals surface area contributed by atoms with Crippen LogP contribution in [0.5, 0.6) is 0 Å². The fourth-order valence-electron chi connectivity index (χ4n) is 2.00. The summed E-state index contributed by atoms with van der Waals surface area (Å²) in [5.41, 5.74) is -1.50. The maximum Gasteiger partial charge on any atom is 0.372 e. The zero-order valence-electron chi connectivity index (χ0n) is 10.6. The van der Waals surface area contributed by atoms with E-state index >= 15 is 0 Å². The molecule has 1 aromatic carbocycles. The molecule has 0 radical (unpaired) electrons. The van der Waals surface area contributed by atoms with Crippen molar-refractivity contribution in [3.8, 4) is 0 Å². The summed E-state index contributed by atoms with van der Waals surface area (Å²) in [6.07, 6.45) is 0. The number of hydrogen-bond donors (Lipinski definition) is 3. The number of aromatic amines is 1. The minimum Gasteiger partial charge on any atom is -0.475 e. The molecule has 9 heteroatoms. The van der Waals surface area contributed by atoms with Crippen LogP contribution in [-0.4, -0.2) is 32.1 Å². The topological polar surface area (TPSA) is 151 Å². The molecule has 3 aromatic rings. The van der Waals surface area contributed by atoms with Crippen molar-refractivity contribution in [3.05, 3.63) is 50.4 Å². The van der Waals surface area contributed by atoms with E-state index in [1.54, 1.807) is 0 Å². The van der Waals surface area contributed by atoms with Crippen molar-refractivity contribution in [2.45, 2.75) is 0 Å². The number of fused-ring (bicyclic) bond motifs is 2. The first-order valence-electron chi connectivity index (χ1n) is 5.85. The van der Waals surface area contributed by atoms with E-state index in [4.69, 9.17) is 14.6 Å². The number of H-pyrrole nitrogens is 1. The minimum absolute atomic E-state index is 0.00660. The molecule has 0 aliphatic carbocycles. The highest BCUT2D eigenvalue weighted by atomic mass is 16.4. The molecule has 0 bridgehead atoms. The summed E-state index contributed by atoms with van der Waals surface area (Å²) in [5, 5.41) is 17.7. The highest BCUT2D eigenvalue weighted by molar-refractivity contribution is 5.96. The molecule has 3 N–H and O–H groups in total. The number of aromatic carboxylic acids is 2. The van der Waals surface area contributed by atoms with Crippen molar-refractivity contribution in [3.63, 3.8) is 0 Å². The molecule has 0 saturated heterocycles. The van der Waals surface area contributed by atoms with Crippen LogP contribution in [0.4, 0.5) is 0 Å². The third-order valence-corrected chi connectivity index (χ3v) is 2.97. The Hall–Kier alpha value is -3.49. The number of benzene rings is 1. The van der Waals surface area contributed by atoms with Gasteiger partial charge in [0.2, 0.25) is 11.6 Å². The zero-order chi connectivity index (χ0) is 16.0. The average molecular weight is 302 g/mol. The van der Waals surface area contributed by atoms with Gasteiger partial charge >= 0.3 is 11.9 Å². The first-order chi connectivity index (χ1) is 10.4. The summed E-state index contributed by atoms with van der Waals surface area (Å²) in [7, 11) is 0. The maximum atomic E-state index is 11.9. The van der Waals surface area contributed by atoms with E-state index in [1.165, 1.54) is 6.07 Å². The Balaban J connectivity index is 2.46. The number of hydrogen-bond acceptors (Lipinski definition) is 6. The molecule has 2 heterocycles. The summed E-state index contributed by atoms with van der Waals surface area (Å²) in [6, 6.07) is 3.13. The third kappa shape index (κ3) is 2.00. The first kappa shape index (κ1) is 13.5. The van der Waals surface area contributed by atoms with Crippen LogP contribution in [-0.2, 0) is 0 Å². The number of carboxylic acid groups (broad SMARTS) is 2. The van der Waals surface area contributed by atoms with Gasteiger partial charge in [-0.3, -0.25) is 9.59 Å². The van der Waals surface area contributed by atoms with Crippen molar-refractivity contribution in [1.82, 2.24) is 9.97 Å². The van der Waals surface area contributed by atoms with Crippen LogP contribution in [0.15, 0.2) is 32.2 Å². The number of nitrogens with zero attached hydrogens (tertiary/aromatic N) is 1. The second kappa shape index (κ2) is 4.52. The molecule has 0 aliphatic rings. The lowest BCUT2D eigenvalue weighted by Crippen LogP contribution is -2.16. The Bertz CT molecular complexity index is 994. The smallest absolute Gasteiger partial charge is 0.372 e. The summed E-state index contributed by atoms with van der Waals surface area (Å²) < 4.78 is 5.05. The van der Waals surface area contributed by atoms with Crippen LogP contribution >= 0.6 is 0 Å². The van der Waals surface area contributed by atoms with Gasteiger partial charge in [0.15, 0.2) is 5.43 Å². The molecule has 0 fully saturated rings. The molecule has 3 rings (SSSR count). The SMILES string of the molecule is O=C(O)c1nc2cc3oc(C(=O)O)cc(=O)c3cc2c(=O)[nH]1. The van der Waals surface area contributed by atoms with Crippen molar-refractivity contribution in [1.29, 1.82) is 0 Å². The van der Waals surface area contributed by atoms with Crippen molar-refractivity contribution in [2.75, 3.05) is 0 Å². The molecular formula is C13H6N2O7. The summed E-state index contributed by atoms with van der Waals surface area (Å²) >= 11 is 0. The lowest BCUT2D eigenvalue weighted by Gasteiger charge is -2.02. The van der Waals surface area contributed by atoms with Crippen LogP contribution in [0.3, 0.4) is 0 Å². The van der Waals surface area contributed by atoms with E-state index in [-0.39, 0.29) is 21.9 Å². The number of nitrogens with one attached hydrogen (secondary N) is 1. The maximum absolute atomic E-state index is 11.9. The van der Waals surface area contributed by atoms with Gasteiger partial charge in [0.1, 0.15) is 5.58 Å². The van der Waals surface area contributed by atoms with E-state index in [9.17, 15) is 19.2 Å². The van der Waals surface area contributed by atoms with Gasteiger partial charge < -0.3 is 19.6 Å². The highest BCUT2D eigenvalue weighted by Gasteiger charge is 2.15. The predicted molar refractivity (Wildman–Crippen MR) is 72.3 cm³/mol. The Labute approximate surface area is 119 Å². The van der Waals surface area contributed by atoms with Crippen LogP contribution in [0.25, 0.3) is 21.9 Å². The molecule has 9 nitrogen and oxygen atoms in total. The summed E-state index contributed by atoms with van der Waals surface area (Å²) in [5.74, 6) is -4.00. The fourth-order valence-corrected chi connectivity index (χ4v) is 2.00. The Kier molecular flexibility index (Phi) is 2.77. The van der Waals surface area contributed by atoms with E-state index in [2.05, 4.69) is 9.97 Å². The van der Waals surface area contributed by atoms with Gasteiger partial charge in [-0.25, -0.2) is 14.6 Å². The molecule has 22 heavy (non-hydrogen) atoms.